The molecule has 0 aliphatic carbocycles. The number of carbonyl (C=O) groups excluding carboxylic acids is 3. The summed E-state index contributed by atoms with van der Waals surface area (Å²) in [6.45, 7) is 0.211. The van der Waals surface area contributed by atoms with Crippen molar-refractivity contribution >= 4 is 79.0 Å². The largest absolute Gasteiger partial charge is 0.486 e. The standard InChI is InChI=1S/C20H14Br2Cl2N2O4/c1-25-18(27)13(19(28)26(2)20(25)29)5-10-6-14(21)17(15(22)7-10)30-9-11-3-4-12(23)8-16(11)24/h3-8H,9H2,1-2H3. The number of halogens is 4. The maximum absolute atomic E-state index is 12.4. The summed E-state index contributed by atoms with van der Waals surface area (Å²) in [6.07, 6.45) is 1.43. The van der Waals surface area contributed by atoms with Crippen molar-refractivity contribution in [1.29, 1.82) is 0 Å². The Hall–Kier alpha value is -1.87. The number of rotatable bonds is 4. The number of imide groups is 2. The van der Waals surface area contributed by atoms with E-state index < -0.39 is 17.8 Å². The molecular weight excluding hydrogens is 563 g/mol. The van der Waals surface area contributed by atoms with Gasteiger partial charge in [-0.1, -0.05) is 29.3 Å². The van der Waals surface area contributed by atoms with Crippen molar-refractivity contribution in [1.82, 2.24) is 9.80 Å². The molecule has 0 unspecified atom stereocenters. The van der Waals surface area contributed by atoms with E-state index in [1.807, 2.05) is 0 Å². The molecule has 2 aromatic rings. The Morgan fingerprint density at radius 2 is 1.53 bits per heavy atom. The van der Waals surface area contributed by atoms with Crippen molar-refractivity contribution in [2.24, 2.45) is 0 Å². The number of carbonyl (C=O) groups is 3. The third-order valence-electron chi connectivity index (χ3n) is 4.36. The molecule has 3 rings (SSSR count). The predicted octanol–water partition coefficient (Wildman–Crippen LogP) is 5.53. The monoisotopic (exact) mass is 574 g/mol. The number of likely N-dealkylation sites (N-methyl/N-ethyl adjacent to an activating group) is 2. The second-order valence-corrected chi connectivity index (χ2v) is 8.96. The first kappa shape index (κ1) is 22.8. The van der Waals surface area contributed by atoms with Gasteiger partial charge in [0.2, 0.25) is 0 Å². The molecule has 6 nitrogen and oxygen atoms in total. The molecule has 10 heteroatoms. The van der Waals surface area contributed by atoms with Crippen molar-refractivity contribution < 1.29 is 19.1 Å². The van der Waals surface area contributed by atoms with Crippen LogP contribution < -0.4 is 4.74 Å². The summed E-state index contributed by atoms with van der Waals surface area (Å²) in [4.78, 5) is 38.4. The number of hydrogen-bond acceptors (Lipinski definition) is 4. The molecule has 0 spiro atoms. The Labute approximate surface area is 199 Å². The van der Waals surface area contributed by atoms with Gasteiger partial charge in [0.25, 0.3) is 11.8 Å². The zero-order valence-corrected chi connectivity index (χ0v) is 20.4. The van der Waals surface area contributed by atoms with Crippen LogP contribution in [0.2, 0.25) is 10.0 Å². The second-order valence-electron chi connectivity index (χ2n) is 6.41. The second kappa shape index (κ2) is 9.09. The van der Waals surface area contributed by atoms with Gasteiger partial charge >= 0.3 is 6.03 Å². The van der Waals surface area contributed by atoms with Crippen LogP contribution in [0.4, 0.5) is 4.79 Å². The van der Waals surface area contributed by atoms with Crippen molar-refractivity contribution in [2.45, 2.75) is 6.61 Å². The lowest BCUT2D eigenvalue weighted by molar-refractivity contribution is -0.134. The van der Waals surface area contributed by atoms with Gasteiger partial charge in [-0.3, -0.25) is 19.4 Å². The fourth-order valence-electron chi connectivity index (χ4n) is 2.73. The van der Waals surface area contributed by atoms with Gasteiger partial charge in [0.05, 0.1) is 8.95 Å². The molecule has 0 aromatic heterocycles. The highest BCUT2D eigenvalue weighted by atomic mass is 79.9. The molecule has 1 fully saturated rings. The third kappa shape index (κ3) is 4.56. The molecule has 0 radical (unpaired) electrons. The first-order valence-electron chi connectivity index (χ1n) is 8.47. The smallest absolute Gasteiger partial charge is 0.333 e. The summed E-state index contributed by atoms with van der Waals surface area (Å²) in [5.41, 5.74) is 1.22. The number of amides is 4. The van der Waals surface area contributed by atoms with E-state index in [0.29, 0.717) is 30.3 Å². The van der Waals surface area contributed by atoms with E-state index in [9.17, 15) is 14.4 Å². The van der Waals surface area contributed by atoms with Crippen LogP contribution in [0.3, 0.4) is 0 Å². The number of urea groups is 1. The van der Waals surface area contributed by atoms with Crippen LogP contribution in [0, 0.1) is 0 Å². The van der Waals surface area contributed by atoms with Crippen molar-refractivity contribution in [3.63, 3.8) is 0 Å². The first-order chi connectivity index (χ1) is 14.1. The maximum Gasteiger partial charge on any atom is 0.333 e. The Morgan fingerprint density at radius 1 is 0.967 bits per heavy atom. The van der Waals surface area contributed by atoms with Gasteiger partial charge in [-0.15, -0.1) is 0 Å². The number of barbiturate groups is 1. The lowest BCUT2D eigenvalue weighted by atomic mass is 10.1. The summed E-state index contributed by atoms with van der Waals surface area (Å²) in [5.74, 6) is -0.796. The Morgan fingerprint density at radius 3 is 2.07 bits per heavy atom. The van der Waals surface area contributed by atoms with Crippen LogP contribution in [0.25, 0.3) is 6.08 Å². The van der Waals surface area contributed by atoms with E-state index in [2.05, 4.69) is 31.9 Å². The van der Waals surface area contributed by atoms with Crippen LogP contribution in [0.15, 0.2) is 44.9 Å². The average Bonchev–Trinajstić information content (AvgIpc) is 2.69. The van der Waals surface area contributed by atoms with Crippen LogP contribution in [-0.4, -0.2) is 41.7 Å². The molecule has 0 N–H and O–H groups in total. The molecule has 156 valence electrons. The minimum atomic E-state index is -0.672. The first-order valence-corrected chi connectivity index (χ1v) is 10.8. The summed E-state index contributed by atoms with van der Waals surface area (Å²) < 4.78 is 7.07. The van der Waals surface area contributed by atoms with Gasteiger partial charge in [-0.2, -0.15) is 0 Å². The number of nitrogens with zero attached hydrogens (tertiary/aromatic N) is 2. The molecule has 30 heavy (non-hydrogen) atoms. The zero-order valence-electron chi connectivity index (χ0n) is 15.7. The Balaban J connectivity index is 1.87. The zero-order chi connectivity index (χ0) is 22.2. The van der Waals surface area contributed by atoms with Crippen LogP contribution >= 0.6 is 55.1 Å². The van der Waals surface area contributed by atoms with Crippen molar-refractivity contribution in [3.8, 4) is 5.75 Å². The van der Waals surface area contributed by atoms with Gasteiger partial charge in [-0.25, -0.2) is 4.79 Å². The van der Waals surface area contributed by atoms with Crippen LogP contribution in [0.5, 0.6) is 5.75 Å². The fraction of sp³-hybridized carbons (Fsp3) is 0.150. The minimum absolute atomic E-state index is 0.111. The van der Waals surface area contributed by atoms with Crippen molar-refractivity contribution in [2.75, 3.05) is 14.1 Å². The highest BCUT2D eigenvalue weighted by molar-refractivity contribution is 9.11. The number of ether oxygens (including phenoxy) is 1. The molecule has 0 saturated carbocycles. The minimum Gasteiger partial charge on any atom is -0.486 e. The molecule has 0 bridgehead atoms. The van der Waals surface area contributed by atoms with Gasteiger partial charge in [0.15, 0.2) is 0 Å². The highest BCUT2D eigenvalue weighted by Gasteiger charge is 2.37. The lowest BCUT2D eigenvalue weighted by Gasteiger charge is -2.28. The van der Waals surface area contributed by atoms with Crippen molar-refractivity contribution in [3.05, 3.63) is 66.0 Å². The summed E-state index contributed by atoms with van der Waals surface area (Å²) in [5, 5.41) is 1.03. The van der Waals surface area contributed by atoms with Gasteiger partial charge in [0.1, 0.15) is 17.9 Å². The van der Waals surface area contributed by atoms with E-state index in [0.717, 1.165) is 15.4 Å². The quantitative estimate of drug-likeness (QED) is 0.355. The highest BCUT2D eigenvalue weighted by Crippen LogP contribution is 2.36. The molecule has 1 saturated heterocycles. The number of hydrogen-bond donors (Lipinski definition) is 0. The van der Waals surface area contributed by atoms with Crippen LogP contribution in [0.1, 0.15) is 11.1 Å². The van der Waals surface area contributed by atoms with E-state index >= 15 is 0 Å². The fourth-order valence-corrected chi connectivity index (χ4v) is 4.64. The summed E-state index contributed by atoms with van der Waals surface area (Å²) in [7, 11) is 2.65. The van der Waals surface area contributed by atoms with Gasteiger partial charge in [0, 0.05) is 29.7 Å². The van der Waals surface area contributed by atoms with E-state index in [1.165, 1.54) is 20.2 Å². The topological polar surface area (TPSA) is 66.9 Å². The SMILES string of the molecule is CN1C(=O)C(=Cc2cc(Br)c(OCc3ccc(Cl)cc3Cl)c(Br)c2)C(=O)N(C)C1=O. The lowest BCUT2D eigenvalue weighted by Crippen LogP contribution is -2.52. The summed E-state index contributed by atoms with van der Waals surface area (Å²) >= 11 is 19.0. The maximum atomic E-state index is 12.4. The van der Waals surface area contributed by atoms with E-state index in [-0.39, 0.29) is 12.2 Å². The van der Waals surface area contributed by atoms with E-state index in [4.69, 9.17) is 27.9 Å². The molecule has 1 aliphatic rings. The summed E-state index contributed by atoms with van der Waals surface area (Å²) in [6, 6.07) is 7.87. The molecule has 1 aliphatic heterocycles. The molecule has 2 aromatic carbocycles. The van der Waals surface area contributed by atoms with Gasteiger partial charge in [-0.05, 0) is 67.8 Å². The molecular formula is C20H14Br2Cl2N2O4. The third-order valence-corrected chi connectivity index (χ3v) is 6.13. The van der Waals surface area contributed by atoms with E-state index in [1.54, 1.807) is 30.3 Å². The Kier molecular flexibility index (Phi) is 6.91. The average molecular weight is 577 g/mol. The van der Waals surface area contributed by atoms with Crippen LogP contribution in [-0.2, 0) is 16.2 Å². The molecule has 1 heterocycles. The Bertz CT molecular complexity index is 1060. The normalized spacial score (nSPS) is 14.5. The number of benzene rings is 2. The molecule has 4 amide bonds. The van der Waals surface area contributed by atoms with Gasteiger partial charge < -0.3 is 4.74 Å². The molecule has 0 atom stereocenters. The predicted molar refractivity (Wildman–Crippen MR) is 122 cm³/mol.